The van der Waals surface area contributed by atoms with Crippen LogP contribution in [0.2, 0.25) is 0 Å². The van der Waals surface area contributed by atoms with Crippen LogP contribution in [-0.4, -0.2) is 51.7 Å². The van der Waals surface area contributed by atoms with Gasteiger partial charge in [-0.15, -0.1) is 0 Å². The molecule has 5 nitrogen and oxygen atoms in total. The number of morpholine rings is 1. The lowest BCUT2D eigenvalue weighted by Crippen LogP contribution is -2.38. The van der Waals surface area contributed by atoms with Gasteiger partial charge >= 0.3 is 0 Å². The van der Waals surface area contributed by atoms with E-state index in [1.807, 2.05) is 0 Å². The number of imidazole rings is 2. The van der Waals surface area contributed by atoms with Crippen LogP contribution in [0.1, 0.15) is 5.56 Å². The van der Waals surface area contributed by atoms with Gasteiger partial charge in [-0.3, -0.25) is 9.30 Å². The summed E-state index contributed by atoms with van der Waals surface area (Å²) in [6.07, 6.45) is 2.16. The molecule has 2 aromatic heterocycles. The van der Waals surface area contributed by atoms with Gasteiger partial charge in [0.15, 0.2) is 0 Å². The van der Waals surface area contributed by atoms with E-state index < -0.39 is 0 Å². The number of aromatic nitrogens is 3. The number of rotatable bonds is 4. The van der Waals surface area contributed by atoms with Crippen LogP contribution in [0.5, 0.6) is 0 Å². The van der Waals surface area contributed by atoms with Gasteiger partial charge in [-0.05, 0) is 19.1 Å². The number of para-hydroxylation sites is 2. The summed E-state index contributed by atoms with van der Waals surface area (Å²) in [6, 6.07) is 17.2. The van der Waals surface area contributed by atoms with Crippen molar-refractivity contribution in [2.45, 2.75) is 13.5 Å². The second-order valence-corrected chi connectivity index (χ2v) is 7.26. The minimum Gasteiger partial charge on any atom is -0.379 e. The molecule has 0 saturated carbocycles. The van der Waals surface area contributed by atoms with Crippen molar-refractivity contribution in [3.05, 3.63) is 60.3 Å². The molecule has 0 bridgehead atoms. The van der Waals surface area contributed by atoms with E-state index in [1.165, 1.54) is 16.6 Å². The molecule has 0 radical (unpaired) electrons. The van der Waals surface area contributed by atoms with E-state index in [-0.39, 0.29) is 0 Å². The first-order valence-electron chi connectivity index (χ1n) is 9.63. The standard InChI is InChI=1S/C22H24N4O/c1-17-6-8-18(9-7-17)19-16-26-21-5-3-2-4-20(21)25(22(26)23-19)11-10-24-12-14-27-15-13-24/h2-9,16H,10-15H2,1H3. The maximum atomic E-state index is 5.47. The maximum absolute atomic E-state index is 5.47. The lowest BCUT2D eigenvalue weighted by molar-refractivity contribution is 0.0366. The number of benzene rings is 2. The smallest absolute Gasteiger partial charge is 0.215 e. The summed E-state index contributed by atoms with van der Waals surface area (Å²) < 4.78 is 10.0. The number of nitrogens with zero attached hydrogens (tertiary/aromatic N) is 4. The van der Waals surface area contributed by atoms with Crippen molar-refractivity contribution < 1.29 is 4.74 Å². The van der Waals surface area contributed by atoms with E-state index in [1.54, 1.807) is 0 Å². The van der Waals surface area contributed by atoms with Crippen LogP contribution in [0.25, 0.3) is 28.1 Å². The number of ether oxygens (including phenoxy) is 1. The first kappa shape index (κ1) is 16.5. The summed E-state index contributed by atoms with van der Waals surface area (Å²) in [7, 11) is 0. The topological polar surface area (TPSA) is 34.7 Å². The Morgan fingerprint density at radius 1 is 0.926 bits per heavy atom. The average Bonchev–Trinajstić information content (AvgIpc) is 3.26. The van der Waals surface area contributed by atoms with Crippen LogP contribution in [0.4, 0.5) is 0 Å². The van der Waals surface area contributed by atoms with Gasteiger partial charge in [-0.1, -0.05) is 42.0 Å². The van der Waals surface area contributed by atoms with E-state index in [9.17, 15) is 0 Å². The van der Waals surface area contributed by atoms with Crippen LogP contribution >= 0.6 is 0 Å². The quantitative estimate of drug-likeness (QED) is 0.558. The van der Waals surface area contributed by atoms with Gasteiger partial charge in [0.05, 0.1) is 29.9 Å². The Morgan fingerprint density at radius 2 is 1.67 bits per heavy atom. The van der Waals surface area contributed by atoms with Gasteiger partial charge in [-0.25, -0.2) is 4.98 Å². The van der Waals surface area contributed by atoms with Crippen LogP contribution in [-0.2, 0) is 11.3 Å². The number of fused-ring (bicyclic) bond motifs is 3. The van der Waals surface area contributed by atoms with Crippen molar-refractivity contribution >= 4 is 16.8 Å². The molecule has 0 spiro atoms. The highest BCUT2D eigenvalue weighted by Crippen LogP contribution is 2.26. The van der Waals surface area contributed by atoms with E-state index in [2.05, 4.69) is 75.5 Å². The fraction of sp³-hybridized carbons (Fsp3) is 0.318. The molecule has 27 heavy (non-hydrogen) atoms. The predicted octanol–water partition coefficient (Wildman–Crippen LogP) is 3.60. The zero-order chi connectivity index (χ0) is 18.2. The number of aryl methyl sites for hydroxylation is 1. The summed E-state index contributed by atoms with van der Waals surface area (Å²) in [5.74, 6) is 1.01. The molecule has 0 amide bonds. The molecule has 4 aromatic rings. The molecule has 1 aliphatic heterocycles. The lowest BCUT2D eigenvalue weighted by Gasteiger charge is -2.26. The van der Waals surface area contributed by atoms with Gasteiger partial charge in [0.1, 0.15) is 0 Å². The van der Waals surface area contributed by atoms with Crippen molar-refractivity contribution in [1.29, 1.82) is 0 Å². The highest BCUT2D eigenvalue weighted by Gasteiger charge is 2.16. The van der Waals surface area contributed by atoms with Gasteiger partial charge in [0, 0.05) is 37.9 Å². The summed E-state index contributed by atoms with van der Waals surface area (Å²) >= 11 is 0. The fourth-order valence-corrected chi connectivity index (χ4v) is 3.89. The Morgan fingerprint density at radius 3 is 2.44 bits per heavy atom. The number of hydrogen-bond acceptors (Lipinski definition) is 3. The molecule has 1 aliphatic rings. The molecule has 1 fully saturated rings. The monoisotopic (exact) mass is 360 g/mol. The van der Waals surface area contributed by atoms with Gasteiger partial charge in [0.25, 0.3) is 0 Å². The third kappa shape index (κ3) is 3.03. The Hall–Kier alpha value is -2.63. The SMILES string of the molecule is Cc1ccc(-c2cn3c4ccccc4n(CCN4CCOCC4)c3n2)cc1. The summed E-state index contributed by atoms with van der Waals surface area (Å²) in [6.45, 7) is 7.76. The number of hydrogen-bond donors (Lipinski definition) is 0. The van der Waals surface area contributed by atoms with Crippen LogP contribution in [0.15, 0.2) is 54.7 Å². The molecule has 0 unspecified atom stereocenters. The van der Waals surface area contributed by atoms with Crippen molar-refractivity contribution in [2.24, 2.45) is 0 Å². The Bertz CT molecular complexity index is 1070. The Balaban J connectivity index is 1.55. The van der Waals surface area contributed by atoms with E-state index in [4.69, 9.17) is 9.72 Å². The highest BCUT2D eigenvalue weighted by molar-refractivity contribution is 5.82. The molecule has 0 N–H and O–H groups in total. The van der Waals surface area contributed by atoms with Crippen LogP contribution < -0.4 is 0 Å². The fourth-order valence-electron chi connectivity index (χ4n) is 3.89. The first-order chi connectivity index (χ1) is 13.3. The van der Waals surface area contributed by atoms with Gasteiger partial charge in [-0.2, -0.15) is 0 Å². The van der Waals surface area contributed by atoms with Crippen molar-refractivity contribution in [2.75, 3.05) is 32.8 Å². The zero-order valence-electron chi connectivity index (χ0n) is 15.6. The summed E-state index contributed by atoms with van der Waals surface area (Å²) in [5, 5.41) is 0. The highest BCUT2D eigenvalue weighted by atomic mass is 16.5. The molecule has 0 aliphatic carbocycles. The average molecular weight is 360 g/mol. The molecule has 5 rings (SSSR count). The first-order valence-corrected chi connectivity index (χ1v) is 9.63. The Kier molecular flexibility index (Phi) is 4.19. The van der Waals surface area contributed by atoms with Gasteiger partial charge in [0.2, 0.25) is 5.78 Å². The largest absolute Gasteiger partial charge is 0.379 e. The molecule has 3 heterocycles. The van der Waals surface area contributed by atoms with Crippen molar-refractivity contribution in [3.8, 4) is 11.3 Å². The molecule has 1 saturated heterocycles. The van der Waals surface area contributed by atoms with E-state index in [0.717, 1.165) is 56.4 Å². The molecular formula is C22H24N4O. The minimum absolute atomic E-state index is 0.836. The van der Waals surface area contributed by atoms with Crippen LogP contribution in [0, 0.1) is 6.92 Å². The third-order valence-electron chi connectivity index (χ3n) is 5.45. The third-order valence-corrected chi connectivity index (χ3v) is 5.45. The zero-order valence-corrected chi connectivity index (χ0v) is 15.6. The maximum Gasteiger partial charge on any atom is 0.215 e. The minimum atomic E-state index is 0.836. The normalized spacial score (nSPS) is 15.7. The molecule has 0 atom stereocenters. The predicted molar refractivity (Wildman–Crippen MR) is 108 cm³/mol. The van der Waals surface area contributed by atoms with Crippen LogP contribution in [0.3, 0.4) is 0 Å². The molecular weight excluding hydrogens is 336 g/mol. The molecule has 5 heteroatoms. The second kappa shape index (κ2) is 6.83. The van der Waals surface area contributed by atoms with E-state index >= 15 is 0 Å². The Labute approximate surface area is 158 Å². The van der Waals surface area contributed by atoms with E-state index in [0.29, 0.717) is 0 Å². The van der Waals surface area contributed by atoms with Crippen molar-refractivity contribution in [3.63, 3.8) is 0 Å². The van der Waals surface area contributed by atoms with Crippen molar-refractivity contribution in [1.82, 2.24) is 18.9 Å². The summed E-state index contributed by atoms with van der Waals surface area (Å²) in [5.41, 5.74) is 5.90. The summed E-state index contributed by atoms with van der Waals surface area (Å²) in [4.78, 5) is 7.47. The molecule has 138 valence electrons. The van der Waals surface area contributed by atoms with Gasteiger partial charge < -0.3 is 9.30 Å². The molecule has 2 aromatic carbocycles. The second-order valence-electron chi connectivity index (χ2n) is 7.26. The lowest BCUT2D eigenvalue weighted by atomic mass is 10.1.